The van der Waals surface area contributed by atoms with Crippen molar-refractivity contribution in [2.24, 2.45) is 0 Å². The van der Waals surface area contributed by atoms with E-state index < -0.39 is 11.9 Å². The molecule has 1 aliphatic heterocycles. The Bertz CT molecular complexity index is 813. The van der Waals surface area contributed by atoms with Gasteiger partial charge >= 0.3 is 11.9 Å². The quantitative estimate of drug-likeness (QED) is 0.291. The number of halogens is 1. The molecule has 0 aliphatic carbocycles. The number of nitriles is 1. The van der Waals surface area contributed by atoms with E-state index in [0.717, 1.165) is 24.6 Å². The van der Waals surface area contributed by atoms with Crippen molar-refractivity contribution in [3.63, 3.8) is 0 Å². The standard InChI is InChI=1S/C19H19ClN2O5/c1-3-5-8-22-15-7-6-13(20)11-16(15)27-18(22)14(12-21)19(24)26-10-9-25-17(23)4-2/h4,6-7,11H,2-3,5,8-10H2,1H3. The van der Waals surface area contributed by atoms with Gasteiger partial charge in [0.2, 0.25) is 5.88 Å². The summed E-state index contributed by atoms with van der Waals surface area (Å²) in [5, 5.41) is 9.96. The van der Waals surface area contributed by atoms with E-state index in [9.17, 15) is 14.9 Å². The van der Waals surface area contributed by atoms with Gasteiger partial charge in [-0.15, -0.1) is 0 Å². The van der Waals surface area contributed by atoms with Crippen LogP contribution < -0.4 is 9.64 Å². The second kappa shape index (κ2) is 9.64. The summed E-state index contributed by atoms with van der Waals surface area (Å²) < 4.78 is 15.5. The molecule has 0 amide bonds. The lowest BCUT2D eigenvalue weighted by atomic mass is 10.2. The molecule has 0 bridgehead atoms. The molecular weight excluding hydrogens is 372 g/mol. The first kappa shape index (κ1) is 20.3. The maximum atomic E-state index is 12.3. The van der Waals surface area contributed by atoms with Gasteiger partial charge in [0.05, 0.1) is 5.69 Å². The first-order valence-corrected chi connectivity index (χ1v) is 8.75. The molecule has 2 rings (SSSR count). The van der Waals surface area contributed by atoms with Crippen molar-refractivity contribution in [2.45, 2.75) is 19.8 Å². The van der Waals surface area contributed by atoms with Gasteiger partial charge in [0, 0.05) is 23.7 Å². The molecule has 0 aromatic heterocycles. The Morgan fingerprint density at radius 3 is 2.78 bits per heavy atom. The summed E-state index contributed by atoms with van der Waals surface area (Å²) >= 11 is 6.00. The van der Waals surface area contributed by atoms with E-state index in [1.54, 1.807) is 23.1 Å². The molecule has 0 unspecified atom stereocenters. The summed E-state index contributed by atoms with van der Waals surface area (Å²) in [6.45, 7) is 5.53. The van der Waals surface area contributed by atoms with E-state index >= 15 is 0 Å². The average molecular weight is 391 g/mol. The third-order valence-corrected chi connectivity index (χ3v) is 3.89. The predicted molar refractivity (Wildman–Crippen MR) is 99.1 cm³/mol. The number of benzene rings is 1. The summed E-state index contributed by atoms with van der Waals surface area (Å²) in [6.07, 6.45) is 2.76. The monoisotopic (exact) mass is 390 g/mol. The molecule has 0 fully saturated rings. The third-order valence-electron chi connectivity index (χ3n) is 3.66. The van der Waals surface area contributed by atoms with Gasteiger partial charge in [-0.05, 0) is 18.6 Å². The molecule has 0 atom stereocenters. The Kier molecular flexibility index (Phi) is 7.26. The largest absolute Gasteiger partial charge is 0.459 e. The minimum atomic E-state index is -0.859. The molecule has 0 saturated heterocycles. The first-order chi connectivity index (χ1) is 13.0. The van der Waals surface area contributed by atoms with Gasteiger partial charge in [-0.2, -0.15) is 5.26 Å². The summed E-state index contributed by atoms with van der Waals surface area (Å²) in [6, 6.07) is 6.95. The average Bonchev–Trinajstić information content (AvgIpc) is 3.00. The fourth-order valence-electron chi connectivity index (χ4n) is 2.37. The molecular formula is C19H19ClN2O5. The van der Waals surface area contributed by atoms with Gasteiger partial charge in [0.15, 0.2) is 11.3 Å². The number of unbranched alkanes of at least 4 members (excludes halogenated alkanes) is 1. The molecule has 1 aliphatic rings. The minimum Gasteiger partial charge on any atom is -0.459 e. The van der Waals surface area contributed by atoms with Crippen LogP contribution in [0.5, 0.6) is 5.75 Å². The van der Waals surface area contributed by atoms with Crippen molar-refractivity contribution < 1.29 is 23.8 Å². The lowest BCUT2D eigenvalue weighted by molar-refractivity contribution is -0.146. The number of carbonyl (C=O) groups is 2. The molecule has 1 aromatic carbocycles. The second-order valence-corrected chi connectivity index (χ2v) is 5.96. The predicted octanol–water partition coefficient (Wildman–Crippen LogP) is 3.35. The van der Waals surface area contributed by atoms with Gasteiger partial charge in [-0.3, -0.25) is 0 Å². The minimum absolute atomic E-state index is 0.108. The Balaban J connectivity index is 2.19. The van der Waals surface area contributed by atoms with Gasteiger partial charge in [0.25, 0.3) is 0 Å². The highest BCUT2D eigenvalue weighted by atomic mass is 35.5. The van der Waals surface area contributed by atoms with Crippen LogP contribution in [0.2, 0.25) is 5.02 Å². The zero-order valence-electron chi connectivity index (χ0n) is 14.9. The zero-order chi connectivity index (χ0) is 19.8. The molecule has 7 nitrogen and oxygen atoms in total. The van der Waals surface area contributed by atoms with Gasteiger partial charge in [-0.25, -0.2) is 9.59 Å². The van der Waals surface area contributed by atoms with E-state index in [4.69, 9.17) is 25.8 Å². The number of fused-ring (bicyclic) bond motifs is 1. The highest BCUT2D eigenvalue weighted by Gasteiger charge is 2.32. The number of hydrogen-bond donors (Lipinski definition) is 0. The van der Waals surface area contributed by atoms with Crippen LogP contribution in [-0.2, 0) is 19.1 Å². The summed E-state index contributed by atoms with van der Waals surface area (Å²) in [5.74, 6) is -0.907. The molecule has 0 N–H and O–H groups in total. The highest BCUT2D eigenvalue weighted by molar-refractivity contribution is 6.30. The fraction of sp³-hybridized carbons (Fsp3) is 0.316. The van der Waals surface area contributed by atoms with E-state index in [1.165, 1.54) is 0 Å². The van der Waals surface area contributed by atoms with Crippen molar-refractivity contribution in [1.82, 2.24) is 0 Å². The van der Waals surface area contributed by atoms with Gasteiger partial charge < -0.3 is 19.1 Å². The topological polar surface area (TPSA) is 88.9 Å². The van der Waals surface area contributed by atoms with Crippen molar-refractivity contribution in [1.29, 1.82) is 5.26 Å². The summed E-state index contributed by atoms with van der Waals surface area (Å²) in [7, 11) is 0. The van der Waals surface area contributed by atoms with E-state index in [1.807, 2.05) is 13.0 Å². The molecule has 0 radical (unpaired) electrons. The molecule has 1 heterocycles. The molecule has 1 aromatic rings. The van der Waals surface area contributed by atoms with Crippen LogP contribution in [0.4, 0.5) is 5.69 Å². The van der Waals surface area contributed by atoms with Crippen molar-refractivity contribution in [3.05, 3.63) is 47.3 Å². The van der Waals surface area contributed by atoms with Gasteiger partial charge in [-0.1, -0.05) is 31.5 Å². The summed E-state index contributed by atoms with van der Waals surface area (Å²) in [5.41, 5.74) is 0.455. The van der Waals surface area contributed by atoms with Crippen molar-refractivity contribution in [2.75, 3.05) is 24.7 Å². The number of ether oxygens (including phenoxy) is 3. The Morgan fingerprint density at radius 1 is 1.37 bits per heavy atom. The third kappa shape index (κ3) is 5.02. The Labute approximate surface area is 162 Å². The lowest BCUT2D eigenvalue weighted by Gasteiger charge is -2.18. The molecule has 27 heavy (non-hydrogen) atoms. The number of carbonyl (C=O) groups excluding carboxylic acids is 2. The maximum Gasteiger partial charge on any atom is 0.354 e. The van der Waals surface area contributed by atoms with E-state index in [-0.39, 0.29) is 24.7 Å². The molecule has 142 valence electrons. The Hall–Kier alpha value is -2.98. The van der Waals surface area contributed by atoms with Crippen molar-refractivity contribution in [3.8, 4) is 11.8 Å². The number of rotatable bonds is 8. The zero-order valence-corrected chi connectivity index (χ0v) is 15.6. The Morgan fingerprint density at radius 2 is 2.11 bits per heavy atom. The number of esters is 2. The molecule has 0 spiro atoms. The maximum absolute atomic E-state index is 12.3. The van der Waals surface area contributed by atoms with Crippen LogP contribution in [0.1, 0.15) is 19.8 Å². The van der Waals surface area contributed by atoms with Crippen LogP contribution in [0, 0.1) is 11.3 Å². The number of nitrogens with zero attached hydrogens (tertiary/aromatic N) is 2. The number of hydrogen-bond acceptors (Lipinski definition) is 7. The van der Waals surface area contributed by atoms with Crippen LogP contribution in [-0.4, -0.2) is 31.7 Å². The second-order valence-electron chi connectivity index (χ2n) is 5.52. The van der Waals surface area contributed by atoms with Crippen LogP contribution in [0.15, 0.2) is 42.3 Å². The van der Waals surface area contributed by atoms with E-state index in [0.29, 0.717) is 17.3 Å². The van der Waals surface area contributed by atoms with Crippen molar-refractivity contribution >= 4 is 29.2 Å². The smallest absolute Gasteiger partial charge is 0.354 e. The van der Waals surface area contributed by atoms with Crippen LogP contribution in [0.3, 0.4) is 0 Å². The first-order valence-electron chi connectivity index (χ1n) is 8.37. The van der Waals surface area contributed by atoms with Crippen LogP contribution >= 0.6 is 11.6 Å². The SMILES string of the molecule is C=CC(=O)OCCOC(=O)C(C#N)=C1Oc2cc(Cl)ccc2N1CCCC. The lowest BCUT2D eigenvalue weighted by Crippen LogP contribution is -2.26. The van der Waals surface area contributed by atoms with Gasteiger partial charge in [0.1, 0.15) is 19.3 Å². The van der Waals surface area contributed by atoms with Crippen LogP contribution in [0.25, 0.3) is 0 Å². The fourth-order valence-corrected chi connectivity index (χ4v) is 2.54. The highest BCUT2D eigenvalue weighted by Crippen LogP contribution is 2.41. The number of anilines is 1. The summed E-state index contributed by atoms with van der Waals surface area (Å²) in [4.78, 5) is 25.0. The molecule has 0 saturated carbocycles. The molecule has 8 heteroatoms. The normalized spacial score (nSPS) is 13.9. The van der Waals surface area contributed by atoms with E-state index in [2.05, 4.69) is 6.58 Å².